The summed E-state index contributed by atoms with van der Waals surface area (Å²) < 4.78 is 28.2. The molecule has 2 N–H and O–H groups in total. The number of nitrogens with one attached hydrogen (secondary N) is 2. The van der Waals surface area contributed by atoms with Gasteiger partial charge in [0, 0.05) is 24.7 Å². The Morgan fingerprint density at radius 1 is 1.14 bits per heavy atom. The van der Waals surface area contributed by atoms with Gasteiger partial charge in [0.2, 0.25) is 5.82 Å². The first kappa shape index (κ1) is 24.1. The number of halogens is 2. The molecule has 182 valence electrons. The number of carbonyl (C=O) groups is 1. The molecule has 1 fully saturated rings. The van der Waals surface area contributed by atoms with E-state index in [0.29, 0.717) is 38.2 Å². The van der Waals surface area contributed by atoms with E-state index in [9.17, 15) is 23.7 Å². The van der Waals surface area contributed by atoms with E-state index in [4.69, 9.17) is 0 Å². The van der Waals surface area contributed by atoms with Crippen LogP contribution in [0.4, 0.5) is 30.9 Å². The summed E-state index contributed by atoms with van der Waals surface area (Å²) in [5.41, 5.74) is 0.990. The van der Waals surface area contributed by atoms with E-state index >= 15 is 0 Å². The highest BCUT2D eigenvalue weighted by Gasteiger charge is 2.31. The highest BCUT2D eigenvalue weighted by atomic mass is 19.1. The molecular weight excluding hydrogens is 456 g/mol. The monoisotopic (exact) mass is 481 g/mol. The van der Waals surface area contributed by atoms with Gasteiger partial charge in [0.25, 0.3) is 0 Å². The van der Waals surface area contributed by atoms with Gasteiger partial charge in [-0.05, 0) is 55.5 Å². The highest BCUT2D eigenvalue weighted by molar-refractivity contribution is 5.90. The number of hydrogen-bond acceptors (Lipinski definition) is 5. The van der Waals surface area contributed by atoms with Crippen molar-refractivity contribution in [2.45, 2.75) is 31.7 Å². The van der Waals surface area contributed by atoms with Gasteiger partial charge in [-0.2, -0.15) is 0 Å². The molecular formula is C25H25F2N5O3. The minimum absolute atomic E-state index is 0.202. The van der Waals surface area contributed by atoms with Gasteiger partial charge in [-0.1, -0.05) is 30.3 Å². The van der Waals surface area contributed by atoms with Crippen LogP contribution in [0.5, 0.6) is 0 Å². The normalized spacial score (nSPS) is 15.1. The lowest BCUT2D eigenvalue weighted by molar-refractivity contribution is -0.384. The summed E-state index contributed by atoms with van der Waals surface area (Å²) in [6.45, 7) is 0.887. The predicted molar refractivity (Wildman–Crippen MR) is 128 cm³/mol. The van der Waals surface area contributed by atoms with Crippen molar-refractivity contribution in [2.75, 3.05) is 23.3 Å². The molecule has 0 unspecified atom stereocenters. The molecule has 2 amide bonds. The second-order valence-electron chi connectivity index (χ2n) is 8.28. The smallest absolute Gasteiger partial charge is 0.320 e. The number of nitro groups is 1. The highest BCUT2D eigenvalue weighted by Crippen LogP contribution is 2.38. The first-order valence-electron chi connectivity index (χ1n) is 11.4. The summed E-state index contributed by atoms with van der Waals surface area (Å²) in [7, 11) is 0. The lowest BCUT2D eigenvalue weighted by atomic mass is 10.0. The number of aromatic nitrogens is 1. The fourth-order valence-corrected chi connectivity index (χ4v) is 4.27. The number of nitrogens with zero attached hydrogens (tertiary/aromatic N) is 3. The lowest BCUT2D eigenvalue weighted by Gasteiger charge is -2.26. The van der Waals surface area contributed by atoms with E-state index in [1.165, 1.54) is 12.1 Å². The van der Waals surface area contributed by atoms with Crippen molar-refractivity contribution < 1.29 is 18.5 Å². The largest absolute Gasteiger partial charge is 0.349 e. The number of pyridine rings is 1. The van der Waals surface area contributed by atoms with E-state index in [0.717, 1.165) is 30.2 Å². The van der Waals surface area contributed by atoms with Crippen molar-refractivity contribution in [3.8, 4) is 0 Å². The average molecular weight is 482 g/mol. The van der Waals surface area contributed by atoms with Crippen LogP contribution in [0.3, 0.4) is 0 Å². The Morgan fingerprint density at radius 2 is 1.94 bits per heavy atom. The zero-order valence-electron chi connectivity index (χ0n) is 18.9. The molecule has 1 atom stereocenters. The SMILES string of the molecule is O=C(NCCCc1ccccc1)Nc1nc(N2CCC[C@@H]2c2cc(F)ccc2F)ccc1[N+](=O)[O-]. The number of carbonyl (C=O) groups excluding carboxylic acids is 1. The molecule has 10 heteroatoms. The van der Waals surface area contributed by atoms with Crippen molar-refractivity contribution in [3.05, 3.63) is 93.5 Å². The molecule has 1 aliphatic heterocycles. The third kappa shape index (κ3) is 5.89. The summed E-state index contributed by atoms with van der Waals surface area (Å²) >= 11 is 0. The zero-order valence-corrected chi connectivity index (χ0v) is 18.9. The van der Waals surface area contributed by atoms with Crippen LogP contribution in [-0.2, 0) is 6.42 Å². The van der Waals surface area contributed by atoms with E-state index in [-0.39, 0.29) is 17.1 Å². The molecule has 0 radical (unpaired) electrons. The van der Waals surface area contributed by atoms with E-state index in [1.54, 1.807) is 4.90 Å². The summed E-state index contributed by atoms with van der Waals surface area (Å²) in [5, 5.41) is 16.7. The first-order chi connectivity index (χ1) is 16.9. The maximum atomic E-state index is 14.4. The van der Waals surface area contributed by atoms with Crippen LogP contribution in [0.1, 0.15) is 36.4 Å². The van der Waals surface area contributed by atoms with Crippen LogP contribution in [-0.4, -0.2) is 29.0 Å². The van der Waals surface area contributed by atoms with Crippen LogP contribution in [0.15, 0.2) is 60.7 Å². The molecule has 1 aromatic heterocycles. The van der Waals surface area contributed by atoms with Crippen LogP contribution < -0.4 is 15.5 Å². The Kier molecular flexibility index (Phi) is 7.49. The molecule has 0 saturated carbocycles. The zero-order chi connectivity index (χ0) is 24.8. The van der Waals surface area contributed by atoms with Crippen molar-refractivity contribution in [2.24, 2.45) is 0 Å². The van der Waals surface area contributed by atoms with Gasteiger partial charge in [-0.25, -0.2) is 18.6 Å². The molecule has 1 saturated heterocycles. The van der Waals surface area contributed by atoms with Crippen LogP contribution in [0.25, 0.3) is 0 Å². The Labute approximate surface area is 201 Å². The van der Waals surface area contributed by atoms with Gasteiger partial charge in [0.15, 0.2) is 0 Å². The summed E-state index contributed by atoms with van der Waals surface area (Å²) in [6, 6.07) is 14.7. The molecule has 2 heterocycles. The number of amides is 2. The molecule has 35 heavy (non-hydrogen) atoms. The predicted octanol–water partition coefficient (Wildman–Crippen LogP) is 5.36. The Hall–Kier alpha value is -4.08. The standard InChI is InChI=1S/C25H25F2N5O3/c26-18-10-11-20(27)19(16-18)21-9-5-15-31(21)23-13-12-22(32(34)35)24(29-23)30-25(33)28-14-4-8-17-6-2-1-3-7-17/h1-3,6-7,10-13,16,21H,4-5,8-9,14-15H2,(H2,28,29,30,33)/t21-/m1/s1. The van der Waals surface area contributed by atoms with Crippen molar-refractivity contribution in [1.29, 1.82) is 0 Å². The second kappa shape index (κ2) is 10.9. The molecule has 4 rings (SSSR count). The van der Waals surface area contributed by atoms with Gasteiger partial charge in [0.05, 0.1) is 11.0 Å². The Morgan fingerprint density at radius 3 is 2.71 bits per heavy atom. The molecule has 0 bridgehead atoms. The third-order valence-electron chi connectivity index (χ3n) is 5.92. The molecule has 8 nitrogen and oxygen atoms in total. The molecule has 2 aromatic carbocycles. The fraction of sp³-hybridized carbons (Fsp3) is 0.280. The second-order valence-corrected chi connectivity index (χ2v) is 8.28. The quantitative estimate of drug-likeness (QED) is 0.256. The van der Waals surface area contributed by atoms with Gasteiger partial charge in [-0.15, -0.1) is 0 Å². The summed E-state index contributed by atoms with van der Waals surface area (Å²) in [5.74, 6) is -0.950. The molecule has 1 aliphatic rings. The first-order valence-corrected chi connectivity index (χ1v) is 11.4. The molecule has 0 aliphatic carbocycles. The number of hydrogen-bond donors (Lipinski definition) is 2. The number of anilines is 2. The van der Waals surface area contributed by atoms with Crippen LogP contribution in [0, 0.1) is 21.7 Å². The van der Waals surface area contributed by atoms with Gasteiger partial charge in [0.1, 0.15) is 17.5 Å². The third-order valence-corrected chi connectivity index (χ3v) is 5.92. The molecule has 0 spiro atoms. The minimum Gasteiger partial charge on any atom is -0.349 e. The number of benzene rings is 2. The Balaban J connectivity index is 1.46. The van der Waals surface area contributed by atoms with E-state index < -0.39 is 28.6 Å². The van der Waals surface area contributed by atoms with Gasteiger partial charge < -0.3 is 10.2 Å². The van der Waals surface area contributed by atoms with E-state index in [2.05, 4.69) is 15.6 Å². The summed E-state index contributed by atoms with van der Waals surface area (Å²) in [4.78, 5) is 29.4. The van der Waals surface area contributed by atoms with Crippen molar-refractivity contribution in [3.63, 3.8) is 0 Å². The average Bonchev–Trinajstić information content (AvgIpc) is 3.33. The van der Waals surface area contributed by atoms with Gasteiger partial charge >= 0.3 is 11.7 Å². The lowest BCUT2D eigenvalue weighted by Crippen LogP contribution is -2.31. The Bertz CT molecular complexity index is 1210. The molecule has 3 aromatic rings. The van der Waals surface area contributed by atoms with Crippen LogP contribution >= 0.6 is 0 Å². The maximum Gasteiger partial charge on any atom is 0.320 e. The maximum absolute atomic E-state index is 14.4. The van der Waals surface area contributed by atoms with Gasteiger partial charge in [-0.3, -0.25) is 15.4 Å². The summed E-state index contributed by atoms with van der Waals surface area (Å²) in [6.07, 6.45) is 2.76. The minimum atomic E-state index is -0.629. The fourth-order valence-electron chi connectivity index (χ4n) is 4.27. The topological polar surface area (TPSA) is 100 Å². The van der Waals surface area contributed by atoms with Crippen molar-refractivity contribution in [1.82, 2.24) is 10.3 Å². The number of aryl methyl sites for hydroxylation is 1. The van der Waals surface area contributed by atoms with E-state index in [1.807, 2.05) is 30.3 Å². The van der Waals surface area contributed by atoms with Crippen LogP contribution in [0.2, 0.25) is 0 Å². The van der Waals surface area contributed by atoms with Crippen molar-refractivity contribution >= 4 is 23.4 Å². The number of rotatable bonds is 8. The number of urea groups is 1.